The molecule has 150 valence electrons. The van der Waals surface area contributed by atoms with E-state index in [2.05, 4.69) is 10.1 Å². The second kappa shape index (κ2) is 6.69. The number of carbonyl (C=O) groups is 1. The number of rotatable bonds is 3. The normalized spacial score (nSPS) is 13.3. The van der Waals surface area contributed by atoms with Crippen LogP contribution in [0.25, 0.3) is 22.0 Å². The van der Waals surface area contributed by atoms with Crippen LogP contribution in [0.1, 0.15) is 21.6 Å². The number of fused-ring (bicyclic) bond motifs is 2. The molecule has 30 heavy (non-hydrogen) atoms. The van der Waals surface area contributed by atoms with Gasteiger partial charge in [0.1, 0.15) is 23.0 Å². The molecule has 5 rings (SSSR count). The summed E-state index contributed by atoms with van der Waals surface area (Å²) in [6, 6.07) is 8.41. The van der Waals surface area contributed by atoms with E-state index in [0.717, 1.165) is 0 Å². The molecule has 0 unspecified atom stereocenters. The summed E-state index contributed by atoms with van der Waals surface area (Å²) in [5, 5.41) is 4.50. The van der Waals surface area contributed by atoms with Gasteiger partial charge >= 0.3 is 0 Å². The molecule has 0 aliphatic carbocycles. The third-order valence-corrected chi connectivity index (χ3v) is 5.40. The second-order valence-electron chi connectivity index (χ2n) is 7.20. The van der Waals surface area contributed by atoms with E-state index in [0.29, 0.717) is 22.2 Å². The lowest BCUT2D eigenvalue weighted by Crippen LogP contribution is -2.24. The summed E-state index contributed by atoms with van der Waals surface area (Å²) in [5.41, 5.74) is 1.82. The number of aryl methyl sites for hydroxylation is 1. The quantitative estimate of drug-likeness (QED) is 0.510. The highest BCUT2D eigenvalue weighted by atomic mass is 19.1. The molecule has 0 saturated carbocycles. The van der Waals surface area contributed by atoms with E-state index in [1.807, 2.05) is 0 Å². The lowest BCUT2D eigenvalue weighted by molar-refractivity contribution is 0.0763. The van der Waals surface area contributed by atoms with Gasteiger partial charge in [0.05, 0.1) is 30.5 Å². The number of hydrogen-bond acceptors (Lipinski definition) is 3. The smallest absolute Gasteiger partial charge is 0.256 e. The van der Waals surface area contributed by atoms with Crippen molar-refractivity contribution in [2.24, 2.45) is 7.05 Å². The summed E-state index contributed by atoms with van der Waals surface area (Å²) in [6.07, 6.45) is 3.04. The van der Waals surface area contributed by atoms with Crippen LogP contribution in [0.3, 0.4) is 0 Å². The first kappa shape index (κ1) is 18.4. The molecule has 2 aromatic heterocycles. The highest BCUT2D eigenvalue weighted by Crippen LogP contribution is 2.33. The molecule has 0 N–H and O–H groups in total. The van der Waals surface area contributed by atoms with Gasteiger partial charge in [-0.3, -0.25) is 14.5 Å². The summed E-state index contributed by atoms with van der Waals surface area (Å²) in [5.74, 6) is -2.32. The van der Waals surface area contributed by atoms with E-state index in [4.69, 9.17) is 0 Å². The van der Waals surface area contributed by atoms with E-state index in [1.54, 1.807) is 25.4 Å². The fraction of sp³-hybridized carbons (Fsp3) is 0.136. The predicted molar refractivity (Wildman–Crippen MR) is 104 cm³/mol. The van der Waals surface area contributed by atoms with Gasteiger partial charge in [-0.1, -0.05) is 6.07 Å². The Morgan fingerprint density at radius 3 is 2.53 bits per heavy atom. The summed E-state index contributed by atoms with van der Waals surface area (Å²) in [6.45, 7) is -0.0111. The fourth-order valence-electron chi connectivity index (χ4n) is 3.90. The molecule has 5 nitrogen and oxygen atoms in total. The van der Waals surface area contributed by atoms with Crippen molar-refractivity contribution >= 4 is 16.8 Å². The third kappa shape index (κ3) is 2.75. The molecule has 0 fully saturated rings. The van der Waals surface area contributed by atoms with E-state index in [-0.39, 0.29) is 35.6 Å². The molecular weight excluding hydrogens is 393 g/mol. The van der Waals surface area contributed by atoms with Crippen LogP contribution in [0.15, 0.2) is 48.8 Å². The number of hydrogen-bond donors (Lipinski definition) is 0. The molecule has 0 bridgehead atoms. The molecule has 0 radical (unpaired) electrons. The highest BCUT2D eigenvalue weighted by molar-refractivity contribution is 5.98. The van der Waals surface area contributed by atoms with Crippen molar-refractivity contribution in [2.45, 2.75) is 13.1 Å². The molecule has 2 aromatic carbocycles. The van der Waals surface area contributed by atoms with Crippen LogP contribution in [0.4, 0.5) is 13.2 Å². The predicted octanol–water partition coefficient (Wildman–Crippen LogP) is 4.21. The molecule has 0 atom stereocenters. The van der Waals surface area contributed by atoms with Gasteiger partial charge < -0.3 is 4.90 Å². The van der Waals surface area contributed by atoms with Gasteiger partial charge in [0.2, 0.25) is 0 Å². The van der Waals surface area contributed by atoms with Crippen molar-refractivity contribution in [1.29, 1.82) is 0 Å². The molecule has 1 aliphatic rings. The zero-order valence-corrected chi connectivity index (χ0v) is 15.9. The van der Waals surface area contributed by atoms with Gasteiger partial charge in [-0.25, -0.2) is 13.2 Å². The first-order valence-corrected chi connectivity index (χ1v) is 9.25. The standard InChI is InChI=1S/C22H15F3N4O/c1-28-21-15(9-27-28)13(4-5-17(21)23)12-7-18(24)16(19(25)8-12)10-29-11-20-14(22(29)30)3-2-6-26-20/h2-9H,10-11H2,1H3. The highest BCUT2D eigenvalue weighted by Gasteiger charge is 2.29. The van der Waals surface area contributed by atoms with E-state index < -0.39 is 17.5 Å². The van der Waals surface area contributed by atoms with E-state index in [9.17, 15) is 18.0 Å². The van der Waals surface area contributed by atoms with Crippen molar-refractivity contribution in [2.75, 3.05) is 0 Å². The third-order valence-electron chi connectivity index (χ3n) is 5.40. The second-order valence-corrected chi connectivity index (χ2v) is 7.20. The van der Waals surface area contributed by atoms with Crippen molar-refractivity contribution in [3.8, 4) is 11.1 Å². The number of aromatic nitrogens is 3. The molecule has 4 aromatic rings. The zero-order valence-electron chi connectivity index (χ0n) is 15.9. The fourth-order valence-corrected chi connectivity index (χ4v) is 3.90. The Hall–Kier alpha value is -3.68. The number of amides is 1. The van der Waals surface area contributed by atoms with Crippen LogP contribution < -0.4 is 0 Å². The van der Waals surface area contributed by atoms with Gasteiger partial charge in [0, 0.05) is 24.2 Å². The Kier molecular flexibility index (Phi) is 4.09. The number of pyridine rings is 1. The van der Waals surface area contributed by atoms with Crippen molar-refractivity contribution in [3.63, 3.8) is 0 Å². The van der Waals surface area contributed by atoms with Gasteiger partial charge in [0.25, 0.3) is 5.91 Å². The topological polar surface area (TPSA) is 51.0 Å². The summed E-state index contributed by atoms with van der Waals surface area (Å²) in [4.78, 5) is 18.0. The van der Waals surface area contributed by atoms with Gasteiger partial charge in [-0.15, -0.1) is 0 Å². The molecule has 1 amide bonds. The van der Waals surface area contributed by atoms with Crippen LogP contribution >= 0.6 is 0 Å². The molecule has 1 aliphatic heterocycles. The van der Waals surface area contributed by atoms with Crippen molar-refractivity contribution in [1.82, 2.24) is 19.7 Å². The van der Waals surface area contributed by atoms with Crippen LogP contribution in [-0.4, -0.2) is 25.6 Å². The maximum absolute atomic E-state index is 14.9. The first-order chi connectivity index (χ1) is 14.4. The Balaban J connectivity index is 1.51. The zero-order chi connectivity index (χ0) is 21.0. The lowest BCUT2D eigenvalue weighted by atomic mass is 9.99. The lowest BCUT2D eigenvalue weighted by Gasteiger charge is -2.17. The minimum atomic E-state index is -0.775. The van der Waals surface area contributed by atoms with Crippen LogP contribution in [-0.2, 0) is 20.1 Å². The molecular formula is C22H15F3N4O. The molecule has 3 heterocycles. The summed E-state index contributed by atoms with van der Waals surface area (Å²) in [7, 11) is 1.60. The van der Waals surface area contributed by atoms with Crippen molar-refractivity contribution in [3.05, 3.63) is 83.1 Å². The molecule has 8 heteroatoms. The van der Waals surface area contributed by atoms with E-state index >= 15 is 0 Å². The Bertz CT molecular complexity index is 1310. The number of nitrogens with zero attached hydrogens (tertiary/aromatic N) is 4. The Morgan fingerprint density at radius 2 is 1.80 bits per heavy atom. The van der Waals surface area contributed by atoms with Gasteiger partial charge in [-0.2, -0.15) is 5.10 Å². The minimum absolute atomic E-state index is 0.198. The average Bonchev–Trinajstić information content (AvgIpc) is 3.26. The largest absolute Gasteiger partial charge is 0.328 e. The number of benzene rings is 2. The van der Waals surface area contributed by atoms with E-state index in [1.165, 1.54) is 40.0 Å². The minimum Gasteiger partial charge on any atom is -0.328 e. The first-order valence-electron chi connectivity index (χ1n) is 9.25. The molecule has 0 saturated heterocycles. The van der Waals surface area contributed by atoms with Crippen molar-refractivity contribution < 1.29 is 18.0 Å². The van der Waals surface area contributed by atoms with Crippen LogP contribution in [0.5, 0.6) is 0 Å². The van der Waals surface area contributed by atoms with Gasteiger partial charge in [0.15, 0.2) is 0 Å². The van der Waals surface area contributed by atoms with Crippen LogP contribution in [0.2, 0.25) is 0 Å². The van der Waals surface area contributed by atoms with Crippen LogP contribution in [0, 0.1) is 17.5 Å². The SMILES string of the molecule is Cn1ncc2c(-c3cc(F)c(CN4Cc5ncccc5C4=O)c(F)c3)ccc(F)c21. The number of carbonyl (C=O) groups excluding carboxylic acids is 1. The number of halogens is 3. The maximum atomic E-state index is 14.9. The molecule has 0 spiro atoms. The van der Waals surface area contributed by atoms with Gasteiger partial charge in [-0.05, 0) is 41.5 Å². The maximum Gasteiger partial charge on any atom is 0.256 e. The monoisotopic (exact) mass is 408 g/mol. The Labute approximate surface area is 169 Å². The summed E-state index contributed by atoms with van der Waals surface area (Å²) < 4.78 is 45.3. The Morgan fingerprint density at radius 1 is 1.03 bits per heavy atom. The summed E-state index contributed by atoms with van der Waals surface area (Å²) >= 11 is 0. The average molecular weight is 408 g/mol.